The molecule has 88 valence electrons. The van der Waals surface area contributed by atoms with Gasteiger partial charge in [-0.15, -0.1) is 0 Å². The van der Waals surface area contributed by atoms with E-state index < -0.39 is 0 Å². The van der Waals surface area contributed by atoms with Gasteiger partial charge in [-0.05, 0) is 55.9 Å². The van der Waals surface area contributed by atoms with Crippen LogP contribution in [0, 0.1) is 19.8 Å². The van der Waals surface area contributed by atoms with Gasteiger partial charge < -0.3 is 5.32 Å². The lowest BCUT2D eigenvalue weighted by molar-refractivity contribution is 0.349. The van der Waals surface area contributed by atoms with Crippen molar-refractivity contribution in [3.8, 4) is 0 Å². The third-order valence-electron chi connectivity index (χ3n) is 3.69. The van der Waals surface area contributed by atoms with Crippen molar-refractivity contribution in [3.05, 3.63) is 29.3 Å². The molecule has 1 saturated carbocycles. The molecule has 0 aliphatic heterocycles. The predicted molar refractivity (Wildman–Crippen MR) is 71.0 cm³/mol. The van der Waals surface area contributed by atoms with E-state index in [-0.39, 0.29) is 0 Å². The summed E-state index contributed by atoms with van der Waals surface area (Å²) in [6, 6.07) is 7.42. The lowest BCUT2D eigenvalue weighted by Gasteiger charge is -2.30. The highest BCUT2D eigenvalue weighted by atomic mass is 14.9. The zero-order valence-corrected chi connectivity index (χ0v) is 10.7. The van der Waals surface area contributed by atoms with E-state index in [1.807, 2.05) is 0 Å². The summed E-state index contributed by atoms with van der Waals surface area (Å²) in [7, 11) is 0. The fraction of sp³-hybridized carbons (Fsp3) is 0.600. The van der Waals surface area contributed by atoms with E-state index in [0.717, 1.165) is 5.92 Å². The zero-order valence-electron chi connectivity index (χ0n) is 10.7. The second-order valence-electron chi connectivity index (χ2n) is 5.39. The Morgan fingerprint density at radius 2 is 1.62 bits per heavy atom. The molecule has 1 aliphatic carbocycles. The Hall–Kier alpha value is -0.980. The maximum absolute atomic E-state index is 3.71. The van der Waals surface area contributed by atoms with Crippen molar-refractivity contribution in [2.45, 2.75) is 52.5 Å². The molecule has 0 amide bonds. The Labute approximate surface area is 99.3 Å². The van der Waals surface area contributed by atoms with Crippen molar-refractivity contribution < 1.29 is 0 Å². The van der Waals surface area contributed by atoms with Crippen molar-refractivity contribution in [2.75, 3.05) is 5.32 Å². The summed E-state index contributed by atoms with van der Waals surface area (Å²) in [6.07, 6.45) is 5.50. The van der Waals surface area contributed by atoms with Crippen molar-refractivity contribution in [2.24, 2.45) is 5.92 Å². The molecule has 0 bridgehead atoms. The van der Waals surface area contributed by atoms with Crippen LogP contribution in [0.4, 0.5) is 5.69 Å². The quantitative estimate of drug-likeness (QED) is 0.779. The molecule has 16 heavy (non-hydrogen) atoms. The molecule has 2 atom stereocenters. The molecular weight excluding hydrogens is 194 g/mol. The van der Waals surface area contributed by atoms with Gasteiger partial charge in [0, 0.05) is 11.7 Å². The lowest BCUT2D eigenvalue weighted by Crippen LogP contribution is -2.30. The predicted octanol–water partition coefficient (Wildman–Crippen LogP) is 4.29. The molecule has 1 nitrogen and oxygen atoms in total. The van der Waals surface area contributed by atoms with Crippen molar-refractivity contribution >= 4 is 5.69 Å². The first-order valence-corrected chi connectivity index (χ1v) is 6.50. The topological polar surface area (TPSA) is 12.0 Å². The molecule has 0 saturated heterocycles. The van der Waals surface area contributed by atoms with Gasteiger partial charge in [0.15, 0.2) is 0 Å². The summed E-state index contributed by atoms with van der Waals surface area (Å²) < 4.78 is 0. The Morgan fingerprint density at radius 3 is 2.25 bits per heavy atom. The molecule has 1 aromatic carbocycles. The van der Waals surface area contributed by atoms with Gasteiger partial charge in [0.05, 0.1) is 0 Å². The fourth-order valence-electron chi connectivity index (χ4n) is 2.80. The molecule has 1 aliphatic rings. The molecule has 2 rings (SSSR count). The molecule has 1 aromatic rings. The van der Waals surface area contributed by atoms with Crippen LogP contribution >= 0.6 is 0 Å². The maximum atomic E-state index is 3.71. The minimum absolute atomic E-state index is 0.676. The zero-order chi connectivity index (χ0) is 11.5. The molecule has 1 fully saturated rings. The van der Waals surface area contributed by atoms with Gasteiger partial charge in [0.2, 0.25) is 0 Å². The normalized spacial score (nSPS) is 25.4. The Morgan fingerprint density at radius 1 is 1.00 bits per heavy atom. The van der Waals surface area contributed by atoms with Crippen LogP contribution < -0.4 is 5.32 Å². The number of anilines is 1. The Kier molecular flexibility index (Phi) is 3.52. The first kappa shape index (κ1) is 11.5. The molecule has 1 heteroatoms. The lowest BCUT2D eigenvalue weighted by atomic mass is 9.86. The van der Waals surface area contributed by atoms with Crippen molar-refractivity contribution in [1.82, 2.24) is 0 Å². The Bertz CT molecular complexity index is 336. The number of nitrogens with one attached hydrogen (secondary N) is 1. The van der Waals surface area contributed by atoms with Crippen LogP contribution in [-0.4, -0.2) is 6.04 Å². The van der Waals surface area contributed by atoms with E-state index in [9.17, 15) is 0 Å². The second kappa shape index (κ2) is 4.90. The highest BCUT2D eigenvalue weighted by Gasteiger charge is 2.20. The smallest absolute Gasteiger partial charge is 0.0347 e. The minimum Gasteiger partial charge on any atom is -0.382 e. The van der Waals surface area contributed by atoms with Gasteiger partial charge >= 0.3 is 0 Å². The second-order valence-corrected chi connectivity index (χ2v) is 5.39. The Balaban J connectivity index is 2.07. The number of aryl methyl sites for hydroxylation is 2. The van der Waals surface area contributed by atoms with Crippen LogP contribution in [0.1, 0.15) is 43.7 Å². The highest BCUT2D eigenvalue weighted by Crippen LogP contribution is 2.27. The molecule has 1 N–H and O–H groups in total. The van der Waals surface area contributed by atoms with E-state index in [1.165, 1.54) is 42.5 Å². The molecule has 2 unspecified atom stereocenters. The van der Waals surface area contributed by atoms with Gasteiger partial charge in [0.25, 0.3) is 0 Å². The first-order valence-electron chi connectivity index (χ1n) is 6.50. The summed E-state index contributed by atoms with van der Waals surface area (Å²) in [6.45, 7) is 6.71. The average molecular weight is 217 g/mol. The highest BCUT2D eigenvalue weighted by molar-refractivity contribution is 5.49. The summed E-state index contributed by atoms with van der Waals surface area (Å²) in [5, 5.41) is 3.71. The number of rotatable bonds is 2. The SMILES string of the molecule is Cc1cc(C)cc(NC2CCCCC2C)c1. The van der Waals surface area contributed by atoms with Crippen LogP contribution in [0.3, 0.4) is 0 Å². The molecule has 0 spiro atoms. The van der Waals surface area contributed by atoms with Gasteiger partial charge in [-0.3, -0.25) is 0 Å². The van der Waals surface area contributed by atoms with Gasteiger partial charge in [-0.1, -0.05) is 25.8 Å². The summed E-state index contributed by atoms with van der Waals surface area (Å²) >= 11 is 0. The summed E-state index contributed by atoms with van der Waals surface area (Å²) in [5.41, 5.74) is 4.01. The van der Waals surface area contributed by atoms with Crippen molar-refractivity contribution in [3.63, 3.8) is 0 Å². The first-order chi connectivity index (χ1) is 7.65. The number of hydrogen-bond acceptors (Lipinski definition) is 1. The van der Waals surface area contributed by atoms with Gasteiger partial charge in [-0.2, -0.15) is 0 Å². The van der Waals surface area contributed by atoms with Crippen LogP contribution in [-0.2, 0) is 0 Å². The molecule has 0 radical (unpaired) electrons. The van der Waals surface area contributed by atoms with Crippen LogP contribution in [0.25, 0.3) is 0 Å². The molecular formula is C15H23N. The number of hydrogen-bond donors (Lipinski definition) is 1. The third kappa shape index (κ3) is 2.78. The van der Waals surface area contributed by atoms with E-state index >= 15 is 0 Å². The third-order valence-corrected chi connectivity index (χ3v) is 3.69. The van der Waals surface area contributed by atoms with Gasteiger partial charge in [0.1, 0.15) is 0 Å². The average Bonchev–Trinajstić information content (AvgIpc) is 2.20. The van der Waals surface area contributed by atoms with Crippen LogP contribution in [0.15, 0.2) is 18.2 Å². The van der Waals surface area contributed by atoms with Gasteiger partial charge in [-0.25, -0.2) is 0 Å². The minimum atomic E-state index is 0.676. The fourth-order valence-corrected chi connectivity index (χ4v) is 2.80. The molecule has 0 aromatic heterocycles. The van der Waals surface area contributed by atoms with E-state index in [0.29, 0.717) is 6.04 Å². The standard InChI is InChI=1S/C15H23N/c1-11-8-12(2)10-14(9-11)16-15-7-5-4-6-13(15)3/h8-10,13,15-16H,4-7H2,1-3H3. The maximum Gasteiger partial charge on any atom is 0.0347 e. The van der Waals surface area contributed by atoms with Crippen LogP contribution in [0.2, 0.25) is 0 Å². The monoisotopic (exact) mass is 217 g/mol. The van der Waals surface area contributed by atoms with E-state index in [1.54, 1.807) is 0 Å². The van der Waals surface area contributed by atoms with E-state index in [2.05, 4.69) is 44.3 Å². The molecule has 0 heterocycles. The van der Waals surface area contributed by atoms with Crippen molar-refractivity contribution in [1.29, 1.82) is 0 Å². The van der Waals surface area contributed by atoms with E-state index in [4.69, 9.17) is 0 Å². The summed E-state index contributed by atoms with van der Waals surface area (Å²) in [4.78, 5) is 0. The summed E-state index contributed by atoms with van der Waals surface area (Å²) in [5.74, 6) is 0.814. The largest absolute Gasteiger partial charge is 0.382 e. The van der Waals surface area contributed by atoms with Crippen LogP contribution in [0.5, 0.6) is 0 Å². The number of benzene rings is 1.